The maximum Gasteiger partial charge on any atom is 0.331 e. The third kappa shape index (κ3) is 2.28. The van der Waals surface area contributed by atoms with Crippen LogP contribution in [0.1, 0.15) is 19.8 Å². The van der Waals surface area contributed by atoms with E-state index in [1.807, 2.05) is 6.92 Å². The van der Waals surface area contributed by atoms with Crippen LogP contribution in [-0.4, -0.2) is 48.3 Å². The molecule has 0 aromatic carbocycles. The Hall–Kier alpha value is -1.14. The number of carboxylic acids is 1. The van der Waals surface area contributed by atoms with Crippen LogP contribution in [0.25, 0.3) is 0 Å². The largest absolute Gasteiger partial charge is 0.479 e. The molecule has 96 valence electrons. The van der Waals surface area contributed by atoms with Gasteiger partial charge in [-0.3, -0.25) is 4.79 Å². The van der Waals surface area contributed by atoms with Crippen molar-refractivity contribution in [3.63, 3.8) is 0 Å². The molecule has 0 spiro atoms. The highest BCUT2D eigenvalue weighted by atomic mass is 16.5. The molecule has 0 bridgehead atoms. The molecule has 0 aromatic rings. The molecule has 2 aliphatic heterocycles. The molecule has 2 saturated heterocycles. The highest BCUT2D eigenvalue weighted by molar-refractivity contribution is 5.90. The highest BCUT2D eigenvalue weighted by Crippen LogP contribution is 2.21. The zero-order chi connectivity index (χ0) is 12.5. The molecule has 1 amide bonds. The van der Waals surface area contributed by atoms with Gasteiger partial charge in [0.15, 0.2) is 5.54 Å². The minimum absolute atomic E-state index is 0.0508. The minimum Gasteiger partial charge on any atom is -0.479 e. The molecule has 0 radical (unpaired) electrons. The Bertz CT molecular complexity index is 325. The first-order chi connectivity index (χ1) is 8.05. The number of amides is 1. The van der Waals surface area contributed by atoms with Crippen LogP contribution in [-0.2, 0) is 14.3 Å². The van der Waals surface area contributed by atoms with Gasteiger partial charge in [-0.15, -0.1) is 0 Å². The number of carbonyl (C=O) groups is 2. The van der Waals surface area contributed by atoms with E-state index < -0.39 is 11.5 Å². The summed E-state index contributed by atoms with van der Waals surface area (Å²) in [5, 5.41) is 14.9. The highest BCUT2D eigenvalue weighted by Gasteiger charge is 2.45. The van der Waals surface area contributed by atoms with E-state index in [-0.39, 0.29) is 24.5 Å². The summed E-state index contributed by atoms with van der Waals surface area (Å²) < 4.78 is 5.10. The van der Waals surface area contributed by atoms with Gasteiger partial charge >= 0.3 is 5.97 Å². The summed E-state index contributed by atoms with van der Waals surface area (Å²) in [6.07, 6.45) is 1.27. The Morgan fingerprint density at radius 2 is 2.29 bits per heavy atom. The van der Waals surface area contributed by atoms with Crippen molar-refractivity contribution in [2.24, 2.45) is 5.92 Å². The van der Waals surface area contributed by atoms with Gasteiger partial charge in [-0.1, -0.05) is 6.92 Å². The molecule has 6 nitrogen and oxygen atoms in total. The van der Waals surface area contributed by atoms with Gasteiger partial charge in [-0.25, -0.2) is 4.79 Å². The van der Waals surface area contributed by atoms with Gasteiger partial charge < -0.3 is 20.5 Å². The van der Waals surface area contributed by atoms with Crippen LogP contribution in [0.15, 0.2) is 0 Å². The smallest absolute Gasteiger partial charge is 0.331 e. The van der Waals surface area contributed by atoms with Crippen LogP contribution in [0.3, 0.4) is 0 Å². The standard InChI is InChI=1S/C11H18N2O4/c1-7-2-4-12-8(7)9(14)13-11(10(15)16)3-5-17-6-11/h7-8,12H,2-6H2,1H3,(H,13,14)(H,15,16). The molecule has 17 heavy (non-hydrogen) atoms. The van der Waals surface area contributed by atoms with Gasteiger partial charge in [0.25, 0.3) is 0 Å². The van der Waals surface area contributed by atoms with E-state index in [2.05, 4.69) is 10.6 Å². The predicted octanol–water partition coefficient (Wildman–Crippen LogP) is -0.656. The zero-order valence-electron chi connectivity index (χ0n) is 9.86. The number of nitrogens with one attached hydrogen (secondary N) is 2. The lowest BCUT2D eigenvalue weighted by Crippen LogP contribution is -2.59. The molecule has 0 saturated carbocycles. The number of carboxylic acid groups (broad SMARTS) is 1. The number of aliphatic carboxylic acids is 1. The Kier molecular flexibility index (Phi) is 3.35. The molecule has 3 N–H and O–H groups in total. The summed E-state index contributed by atoms with van der Waals surface area (Å²) in [6.45, 7) is 3.22. The summed E-state index contributed by atoms with van der Waals surface area (Å²) in [6, 6.07) is -0.285. The van der Waals surface area contributed by atoms with E-state index in [1.165, 1.54) is 0 Å². The van der Waals surface area contributed by atoms with Crippen LogP contribution >= 0.6 is 0 Å². The van der Waals surface area contributed by atoms with E-state index >= 15 is 0 Å². The van der Waals surface area contributed by atoms with Crippen molar-refractivity contribution in [3.05, 3.63) is 0 Å². The maximum absolute atomic E-state index is 12.0. The molecule has 2 fully saturated rings. The van der Waals surface area contributed by atoms with Crippen LogP contribution in [0, 0.1) is 5.92 Å². The lowest BCUT2D eigenvalue weighted by molar-refractivity contribution is -0.148. The summed E-state index contributed by atoms with van der Waals surface area (Å²) >= 11 is 0. The van der Waals surface area contributed by atoms with Crippen molar-refractivity contribution in [3.8, 4) is 0 Å². The van der Waals surface area contributed by atoms with Crippen LogP contribution in [0.2, 0.25) is 0 Å². The number of ether oxygens (including phenoxy) is 1. The molecular formula is C11H18N2O4. The number of hydrogen-bond acceptors (Lipinski definition) is 4. The first-order valence-electron chi connectivity index (χ1n) is 5.92. The molecule has 2 heterocycles. The molecule has 2 aliphatic rings. The maximum atomic E-state index is 12.0. The van der Waals surface area contributed by atoms with Crippen molar-refractivity contribution < 1.29 is 19.4 Å². The average molecular weight is 242 g/mol. The molecule has 0 aliphatic carbocycles. The SMILES string of the molecule is CC1CCNC1C(=O)NC1(C(=O)O)CCOC1. The summed E-state index contributed by atoms with van der Waals surface area (Å²) in [7, 11) is 0. The van der Waals surface area contributed by atoms with Crippen molar-refractivity contribution >= 4 is 11.9 Å². The molecular weight excluding hydrogens is 224 g/mol. The summed E-state index contributed by atoms with van der Waals surface area (Å²) in [5.41, 5.74) is -1.24. The van der Waals surface area contributed by atoms with E-state index in [0.717, 1.165) is 13.0 Å². The van der Waals surface area contributed by atoms with Crippen molar-refractivity contribution in [1.29, 1.82) is 0 Å². The van der Waals surface area contributed by atoms with Crippen LogP contribution in [0.5, 0.6) is 0 Å². The number of carbonyl (C=O) groups excluding carboxylic acids is 1. The molecule has 3 atom stereocenters. The third-order valence-electron chi connectivity index (χ3n) is 3.61. The predicted molar refractivity (Wildman–Crippen MR) is 59.5 cm³/mol. The first-order valence-corrected chi connectivity index (χ1v) is 5.92. The van der Waals surface area contributed by atoms with Crippen LogP contribution in [0.4, 0.5) is 0 Å². The molecule has 3 unspecified atom stereocenters. The van der Waals surface area contributed by atoms with E-state index in [4.69, 9.17) is 4.74 Å². The lowest BCUT2D eigenvalue weighted by atomic mass is 9.96. The minimum atomic E-state index is -1.24. The Morgan fingerprint density at radius 1 is 1.53 bits per heavy atom. The quantitative estimate of drug-likeness (QED) is 0.612. The molecule has 0 aromatic heterocycles. The lowest BCUT2D eigenvalue weighted by Gasteiger charge is -2.26. The Labute approximate surface area is 99.7 Å². The van der Waals surface area contributed by atoms with E-state index in [0.29, 0.717) is 13.0 Å². The van der Waals surface area contributed by atoms with Gasteiger partial charge in [0.05, 0.1) is 12.6 Å². The molecule has 2 rings (SSSR count). The Morgan fingerprint density at radius 3 is 2.76 bits per heavy atom. The second-order valence-corrected chi connectivity index (χ2v) is 4.88. The van der Waals surface area contributed by atoms with Gasteiger partial charge in [-0.05, 0) is 18.9 Å². The van der Waals surface area contributed by atoms with Gasteiger partial charge in [0.2, 0.25) is 5.91 Å². The van der Waals surface area contributed by atoms with Gasteiger partial charge in [0, 0.05) is 13.0 Å². The third-order valence-corrected chi connectivity index (χ3v) is 3.61. The monoisotopic (exact) mass is 242 g/mol. The summed E-state index contributed by atoms with van der Waals surface area (Å²) in [5.74, 6) is -1.01. The van der Waals surface area contributed by atoms with E-state index in [1.54, 1.807) is 0 Å². The normalized spacial score (nSPS) is 37.0. The van der Waals surface area contributed by atoms with Gasteiger partial charge in [-0.2, -0.15) is 0 Å². The van der Waals surface area contributed by atoms with E-state index in [9.17, 15) is 14.7 Å². The Balaban J connectivity index is 2.03. The van der Waals surface area contributed by atoms with Crippen LogP contribution < -0.4 is 10.6 Å². The van der Waals surface area contributed by atoms with Crippen molar-refractivity contribution in [2.75, 3.05) is 19.8 Å². The fourth-order valence-electron chi connectivity index (χ4n) is 2.38. The zero-order valence-corrected chi connectivity index (χ0v) is 9.86. The number of hydrogen-bond donors (Lipinski definition) is 3. The first kappa shape index (κ1) is 12.3. The second kappa shape index (κ2) is 4.62. The van der Waals surface area contributed by atoms with Gasteiger partial charge in [0.1, 0.15) is 0 Å². The second-order valence-electron chi connectivity index (χ2n) is 4.88. The number of rotatable bonds is 3. The average Bonchev–Trinajstić information content (AvgIpc) is 2.87. The van der Waals surface area contributed by atoms with Crippen molar-refractivity contribution in [1.82, 2.24) is 10.6 Å². The summed E-state index contributed by atoms with van der Waals surface area (Å²) in [4.78, 5) is 23.3. The topological polar surface area (TPSA) is 87.7 Å². The molecule has 6 heteroatoms. The van der Waals surface area contributed by atoms with Crippen molar-refractivity contribution in [2.45, 2.75) is 31.3 Å². The fraction of sp³-hybridized carbons (Fsp3) is 0.818. The fourth-order valence-corrected chi connectivity index (χ4v) is 2.38.